The lowest BCUT2D eigenvalue weighted by Crippen LogP contribution is -2.11. The van der Waals surface area contributed by atoms with E-state index in [4.69, 9.17) is 18.6 Å². The maximum Gasteiger partial charge on any atom is 0.383 e. The first-order valence-corrected chi connectivity index (χ1v) is 10.5. The fourth-order valence-corrected chi connectivity index (χ4v) is 3.24. The predicted molar refractivity (Wildman–Crippen MR) is 113 cm³/mol. The Morgan fingerprint density at radius 2 is 1.64 bits per heavy atom. The van der Waals surface area contributed by atoms with Crippen molar-refractivity contribution in [2.24, 2.45) is 0 Å². The molecule has 2 rings (SSSR count). The number of methoxy groups -OCH3 is 1. The molecule has 0 spiro atoms. The van der Waals surface area contributed by atoms with E-state index in [-0.39, 0.29) is 11.9 Å². The molecule has 156 valence electrons. The van der Waals surface area contributed by atoms with Crippen molar-refractivity contribution in [1.29, 1.82) is 0 Å². The third kappa shape index (κ3) is 6.18. The van der Waals surface area contributed by atoms with Crippen LogP contribution in [-0.2, 0) is 0 Å². The predicted octanol–water partition coefficient (Wildman–Crippen LogP) is 6.11. The van der Waals surface area contributed by atoms with Crippen LogP contribution in [0.4, 0.5) is 0 Å². The van der Waals surface area contributed by atoms with Gasteiger partial charge < -0.3 is 18.6 Å². The second-order valence-electron chi connectivity index (χ2n) is 7.37. The highest BCUT2D eigenvalue weighted by Gasteiger charge is 2.19. The number of para-hydroxylation sites is 1. The molecule has 5 heteroatoms. The lowest BCUT2D eigenvalue weighted by atomic mass is 10.1. The average Bonchev–Trinajstić information content (AvgIpc) is 2.67. The monoisotopic (exact) mass is 390 g/mol. The van der Waals surface area contributed by atoms with E-state index >= 15 is 0 Å². The topological polar surface area (TPSA) is 57.9 Å². The lowest BCUT2D eigenvalue weighted by molar-refractivity contribution is 0.239. The number of ether oxygens (including phenoxy) is 3. The van der Waals surface area contributed by atoms with Gasteiger partial charge in [0.2, 0.25) is 5.75 Å². The Bertz CT molecular complexity index is 778. The number of hydrogen-bond acceptors (Lipinski definition) is 5. The Labute approximate surface area is 168 Å². The molecular weight excluding hydrogens is 356 g/mol. The third-order valence-corrected chi connectivity index (χ3v) is 4.62. The van der Waals surface area contributed by atoms with Gasteiger partial charge in [0, 0.05) is 0 Å². The molecule has 0 aliphatic rings. The first-order valence-electron chi connectivity index (χ1n) is 10.5. The fraction of sp³-hybridized carbons (Fsp3) is 0.609. The molecule has 0 atom stereocenters. The maximum absolute atomic E-state index is 12.5. The highest BCUT2D eigenvalue weighted by molar-refractivity contribution is 5.89. The molecule has 0 radical (unpaired) electrons. The van der Waals surface area contributed by atoms with Crippen molar-refractivity contribution >= 4 is 11.0 Å². The Kier molecular flexibility index (Phi) is 9.18. The summed E-state index contributed by atoms with van der Waals surface area (Å²) in [5.41, 5.74) is -0.152. The zero-order valence-electron chi connectivity index (χ0n) is 17.7. The van der Waals surface area contributed by atoms with E-state index in [2.05, 4.69) is 6.92 Å². The summed E-state index contributed by atoms with van der Waals surface area (Å²) >= 11 is 0. The molecule has 0 aliphatic heterocycles. The zero-order chi connectivity index (χ0) is 20.4. The van der Waals surface area contributed by atoms with Crippen molar-refractivity contribution in [3.63, 3.8) is 0 Å². The van der Waals surface area contributed by atoms with Gasteiger partial charge in [-0.25, -0.2) is 4.79 Å². The van der Waals surface area contributed by atoms with Gasteiger partial charge in [-0.3, -0.25) is 0 Å². The van der Waals surface area contributed by atoms with Gasteiger partial charge in [0.15, 0.2) is 17.1 Å². The van der Waals surface area contributed by atoms with E-state index in [1.54, 1.807) is 6.07 Å². The molecule has 0 N–H and O–H groups in total. The van der Waals surface area contributed by atoms with Crippen LogP contribution in [0.25, 0.3) is 11.0 Å². The quantitative estimate of drug-likeness (QED) is 0.305. The second-order valence-corrected chi connectivity index (χ2v) is 7.37. The van der Waals surface area contributed by atoms with Crippen LogP contribution >= 0.6 is 0 Å². The van der Waals surface area contributed by atoms with Crippen LogP contribution in [0.15, 0.2) is 27.4 Å². The van der Waals surface area contributed by atoms with E-state index in [0.717, 1.165) is 12.8 Å². The first kappa shape index (κ1) is 22.1. The van der Waals surface area contributed by atoms with Crippen LogP contribution in [-0.4, -0.2) is 19.8 Å². The number of benzene rings is 1. The molecule has 1 heterocycles. The minimum atomic E-state index is -0.538. The molecule has 1 aromatic carbocycles. The molecule has 0 aliphatic carbocycles. The van der Waals surface area contributed by atoms with Crippen LogP contribution in [0, 0.1) is 0 Å². The first-order chi connectivity index (χ1) is 13.6. The van der Waals surface area contributed by atoms with Gasteiger partial charge in [0.1, 0.15) is 0 Å². The van der Waals surface area contributed by atoms with E-state index < -0.39 is 5.63 Å². The third-order valence-electron chi connectivity index (χ3n) is 4.62. The Balaban J connectivity index is 2.01. The fourth-order valence-electron chi connectivity index (χ4n) is 3.24. The average molecular weight is 391 g/mol. The summed E-state index contributed by atoms with van der Waals surface area (Å²) in [7, 11) is 1.54. The highest BCUT2D eigenvalue weighted by Crippen LogP contribution is 2.36. The van der Waals surface area contributed by atoms with Gasteiger partial charge in [-0.05, 0) is 32.4 Å². The van der Waals surface area contributed by atoms with Crippen LogP contribution in [0.5, 0.6) is 17.2 Å². The van der Waals surface area contributed by atoms with Crippen LogP contribution in [0.3, 0.4) is 0 Å². The normalized spacial score (nSPS) is 11.2. The summed E-state index contributed by atoms with van der Waals surface area (Å²) < 4.78 is 22.5. The molecule has 0 bridgehead atoms. The smallest absolute Gasteiger partial charge is 0.383 e. The van der Waals surface area contributed by atoms with Crippen molar-refractivity contribution in [1.82, 2.24) is 0 Å². The van der Waals surface area contributed by atoms with Crippen LogP contribution in [0.1, 0.15) is 72.1 Å². The molecule has 0 amide bonds. The SMILES string of the molecule is CCCCCCCCCCOc1c(OC)c2cccc(OC(C)C)c2oc1=O. The molecular formula is C23H34O5. The molecule has 2 aromatic rings. The van der Waals surface area contributed by atoms with E-state index in [0.29, 0.717) is 29.1 Å². The summed E-state index contributed by atoms with van der Waals surface area (Å²) in [6.07, 6.45) is 9.67. The minimum absolute atomic E-state index is 0.0280. The van der Waals surface area contributed by atoms with Gasteiger partial charge >= 0.3 is 5.63 Å². The van der Waals surface area contributed by atoms with Gasteiger partial charge in [-0.1, -0.05) is 57.9 Å². The Hall–Kier alpha value is -2.17. The summed E-state index contributed by atoms with van der Waals surface area (Å²) in [6, 6.07) is 5.48. The van der Waals surface area contributed by atoms with Crippen molar-refractivity contribution in [2.75, 3.05) is 13.7 Å². The lowest BCUT2D eigenvalue weighted by Gasteiger charge is -2.14. The largest absolute Gasteiger partial charge is 0.492 e. The molecule has 0 fully saturated rings. The van der Waals surface area contributed by atoms with Gasteiger partial charge in [0.05, 0.1) is 25.2 Å². The highest BCUT2D eigenvalue weighted by atomic mass is 16.5. The standard InChI is InChI=1S/C23H34O5/c1-5-6-7-8-9-10-11-12-16-26-22-21(25-4)18-14-13-15-19(27-17(2)3)20(18)28-23(22)24/h13-15,17H,5-12,16H2,1-4H3. The number of fused-ring (bicyclic) bond motifs is 1. The Morgan fingerprint density at radius 3 is 2.29 bits per heavy atom. The van der Waals surface area contributed by atoms with E-state index in [1.807, 2.05) is 26.0 Å². The molecule has 0 saturated heterocycles. The van der Waals surface area contributed by atoms with Gasteiger partial charge in [-0.15, -0.1) is 0 Å². The summed E-state index contributed by atoms with van der Waals surface area (Å²) in [6.45, 7) is 6.56. The molecule has 0 unspecified atom stereocenters. The summed E-state index contributed by atoms with van der Waals surface area (Å²) in [5.74, 6) is 1.07. The second kappa shape index (κ2) is 11.6. The molecule has 5 nitrogen and oxygen atoms in total. The van der Waals surface area contributed by atoms with E-state index in [1.165, 1.54) is 45.6 Å². The van der Waals surface area contributed by atoms with Gasteiger partial charge in [-0.2, -0.15) is 0 Å². The zero-order valence-corrected chi connectivity index (χ0v) is 17.7. The molecule has 28 heavy (non-hydrogen) atoms. The van der Waals surface area contributed by atoms with Crippen molar-refractivity contribution in [3.8, 4) is 17.2 Å². The van der Waals surface area contributed by atoms with Gasteiger partial charge in [0.25, 0.3) is 0 Å². The van der Waals surface area contributed by atoms with Crippen LogP contribution < -0.4 is 19.8 Å². The molecule has 0 saturated carbocycles. The van der Waals surface area contributed by atoms with Crippen molar-refractivity contribution in [2.45, 2.75) is 78.2 Å². The minimum Gasteiger partial charge on any atom is -0.492 e. The van der Waals surface area contributed by atoms with Crippen molar-refractivity contribution in [3.05, 3.63) is 28.6 Å². The summed E-state index contributed by atoms with van der Waals surface area (Å²) in [4.78, 5) is 12.5. The van der Waals surface area contributed by atoms with Crippen molar-refractivity contribution < 1.29 is 18.6 Å². The number of hydrogen-bond donors (Lipinski definition) is 0. The van der Waals surface area contributed by atoms with E-state index in [9.17, 15) is 4.79 Å². The Morgan fingerprint density at radius 1 is 0.964 bits per heavy atom. The van der Waals surface area contributed by atoms with Crippen LogP contribution in [0.2, 0.25) is 0 Å². The molecule has 1 aromatic heterocycles. The summed E-state index contributed by atoms with van der Waals surface area (Å²) in [5, 5.41) is 0.672. The maximum atomic E-state index is 12.5. The number of unbranched alkanes of at least 4 members (excludes halogenated alkanes) is 7. The number of rotatable bonds is 13.